The van der Waals surface area contributed by atoms with E-state index in [1.54, 1.807) is 27.8 Å². The van der Waals surface area contributed by atoms with Crippen LogP contribution >= 0.6 is 0 Å². The lowest BCUT2D eigenvalue weighted by molar-refractivity contribution is 0.349. The molecule has 0 heteroatoms. The van der Waals surface area contributed by atoms with Gasteiger partial charge in [-0.05, 0) is 71.8 Å². The Hall–Kier alpha value is -1.56. The first-order valence-corrected chi connectivity index (χ1v) is 9.87. The second kappa shape index (κ2) is 5.00. The van der Waals surface area contributed by atoms with E-state index in [1.165, 1.54) is 24.0 Å². The minimum Gasteiger partial charge on any atom is -0.0613 e. The zero-order valence-corrected chi connectivity index (χ0v) is 17.0. The van der Waals surface area contributed by atoms with Crippen LogP contribution in [0.15, 0.2) is 30.3 Å². The second-order valence-electron chi connectivity index (χ2n) is 9.95. The van der Waals surface area contributed by atoms with Crippen LogP contribution in [0.1, 0.15) is 86.4 Å². The van der Waals surface area contributed by atoms with Gasteiger partial charge in [0, 0.05) is 5.41 Å². The number of fused-ring (bicyclic) bond motifs is 4. The molecule has 1 spiro atoms. The predicted molar refractivity (Wildman–Crippen MR) is 108 cm³/mol. The summed E-state index contributed by atoms with van der Waals surface area (Å²) in [5.74, 6) is 0. The van der Waals surface area contributed by atoms with Crippen molar-refractivity contribution in [3.63, 3.8) is 0 Å². The molecule has 0 radical (unpaired) electrons. The van der Waals surface area contributed by atoms with Gasteiger partial charge in [0.25, 0.3) is 0 Å². The summed E-state index contributed by atoms with van der Waals surface area (Å²) in [5, 5.41) is 0. The summed E-state index contributed by atoms with van der Waals surface area (Å²) in [6.07, 6.45) is 3.61. The van der Waals surface area contributed by atoms with Crippen LogP contribution in [0, 0.1) is 13.8 Å². The van der Waals surface area contributed by atoms with Gasteiger partial charge in [-0.15, -0.1) is 0 Å². The Morgan fingerprint density at radius 2 is 1.36 bits per heavy atom. The quantitative estimate of drug-likeness (QED) is 0.558. The van der Waals surface area contributed by atoms with Gasteiger partial charge in [-0.2, -0.15) is 0 Å². The summed E-state index contributed by atoms with van der Waals surface area (Å²) in [7, 11) is 0. The van der Waals surface area contributed by atoms with E-state index < -0.39 is 0 Å². The molecule has 132 valence electrons. The van der Waals surface area contributed by atoms with E-state index in [1.807, 2.05) is 0 Å². The Morgan fingerprint density at radius 3 is 2.00 bits per heavy atom. The summed E-state index contributed by atoms with van der Waals surface area (Å²) < 4.78 is 0. The van der Waals surface area contributed by atoms with Crippen LogP contribution in [0.4, 0.5) is 0 Å². The fourth-order valence-electron chi connectivity index (χ4n) is 6.14. The van der Waals surface area contributed by atoms with Crippen LogP contribution < -0.4 is 0 Å². The molecule has 1 atom stereocenters. The van der Waals surface area contributed by atoms with Crippen molar-refractivity contribution in [1.29, 1.82) is 0 Å². The zero-order chi connectivity index (χ0) is 18.2. The molecule has 0 aliphatic heterocycles. The third-order valence-electron chi connectivity index (χ3n) is 6.86. The lowest BCUT2D eigenvalue weighted by Crippen LogP contribution is -2.27. The molecule has 0 heterocycles. The molecule has 4 rings (SSSR count). The first kappa shape index (κ1) is 16.9. The van der Waals surface area contributed by atoms with Gasteiger partial charge >= 0.3 is 0 Å². The van der Waals surface area contributed by atoms with Gasteiger partial charge in [-0.3, -0.25) is 0 Å². The first-order chi connectivity index (χ1) is 11.6. The van der Waals surface area contributed by atoms with Gasteiger partial charge in [0.05, 0.1) is 0 Å². The number of aryl methyl sites for hydroxylation is 3. The monoisotopic (exact) mass is 332 g/mol. The average Bonchev–Trinajstić information content (AvgIpc) is 2.86. The van der Waals surface area contributed by atoms with E-state index >= 15 is 0 Å². The van der Waals surface area contributed by atoms with Crippen molar-refractivity contribution < 1.29 is 0 Å². The van der Waals surface area contributed by atoms with Crippen molar-refractivity contribution in [3.8, 4) is 0 Å². The molecule has 2 aliphatic carbocycles. The molecule has 0 saturated heterocycles. The summed E-state index contributed by atoms with van der Waals surface area (Å²) in [6, 6.07) is 12.1. The largest absolute Gasteiger partial charge is 0.0613 e. The number of benzene rings is 2. The number of rotatable bonds is 1. The van der Waals surface area contributed by atoms with Crippen LogP contribution in [0.2, 0.25) is 0 Å². The molecule has 0 fully saturated rings. The Labute approximate surface area is 153 Å². The van der Waals surface area contributed by atoms with Crippen LogP contribution in [0.3, 0.4) is 0 Å². The summed E-state index contributed by atoms with van der Waals surface area (Å²) in [4.78, 5) is 0. The van der Waals surface area contributed by atoms with Crippen LogP contribution in [0.25, 0.3) is 0 Å². The second-order valence-corrected chi connectivity index (χ2v) is 9.95. The summed E-state index contributed by atoms with van der Waals surface area (Å²) in [5.41, 5.74) is 11.5. The van der Waals surface area contributed by atoms with E-state index in [2.05, 4.69) is 78.8 Å². The molecule has 25 heavy (non-hydrogen) atoms. The van der Waals surface area contributed by atoms with Crippen LogP contribution in [-0.4, -0.2) is 0 Å². The smallest absolute Gasteiger partial charge is 0.0228 e. The average molecular weight is 333 g/mol. The number of hydrogen-bond donors (Lipinski definition) is 0. The molecule has 0 N–H and O–H groups in total. The van der Waals surface area contributed by atoms with Crippen LogP contribution in [-0.2, 0) is 22.7 Å². The first-order valence-electron chi connectivity index (χ1n) is 9.87. The number of hydrogen-bond acceptors (Lipinski definition) is 0. The molecule has 0 aromatic heterocycles. The highest BCUT2D eigenvalue weighted by Crippen LogP contribution is 2.63. The topological polar surface area (TPSA) is 0 Å². The van der Waals surface area contributed by atoms with Gasteiger partial charge < -0.3 is 0 Å². The van der Waals surface area contributed by atoms with E-state index in [9.17, 15) is 0 Å². The molecule has 0 unspecified atom stereocenters. The Bertz CT molecular complexity index is 862. The molecule has 2 aromatic carbocycles. The summed E-state index contributed by atoms with van der Waals surface area (Å²) in [6.45, 7) is 16.6. The van der Waals surface area contributed by atoms with Gasteiger partial charge in [-0.25, -0.2) is 0 Å². The van der Waals surface area contributed by atoms with Crippen molar-refractivity contribution >= 4 is 0 Å². The molecule has 2 aliphatic rings. The van der Waals surface area contributed by atoms with Gasteiger partial charge in [0.1, 0.15) is 0 Å². The Kier molecular flexibility index (Phi) is 3.37. The van der Waals surface area contributed by atoms with E-state index in [-0.39, 0.29) is 16.2 Å². The minimum absolute atomic E-state index is 0.199. The molecule has 0 amide bonds. The maximum atomic E-state index is 2.47. The molecule has 2 aromatic rings. The normalized spacial score (nSPS) is 25.2. The third-order valence-corrected chi connectivity index (χ3v) is 6.86. The van der Waals surface area contributed by atoms with Crippen molar-refractivity contribution in [2.75, 3.05) is 0 Å². The SMILES string of the molecule is CCc1cc(C)cc2c1[C@@]1(CC(C)(C)c3cc(C)ccc31)CC2(C)C. The van der Waals surface area contributed by atoms with Crippen molar-refractivity contribution in [2.45, 2.75) is 84.0 Å². The maximum absolute atomic E-state index is 2.47. The fourth-order valence-corrected chi connectivity index (χ4v) is 6.14. The Morgan fingerprint density at radius 1 is 0.760 bits per heavy atom. The zero-order valence-electron chi connectivity index (χ0n) is 17.0. The van der Waals surface area contributed by atoms with Crippen molar-refractivity contribution in [2.24, 2.45) is 0 Å². The lowest BCUT2D eigenvalue weighted by Gasteiger charge is -2.31. The standard InChI is InChI=1S/C25H32/c1-8-18-11-17(3)13-21-22(18)25(15-24(21,6)7)14-23(4,5)20-12-16(2)9-10-19(20)25/h9-13H,8,14-15H2,1-7H3/t25-/m0/s1. The van der Waals surface area contributed by atoms with Crippen LogP contribution in [0.5, 0.6) is 0 Å². The molecule has 0 nitrogen and oxygen atoms in total. The van der Waals surface area contributed by atoms with Crippen molar-refractivity contribution in [3.05, 3.63) is 69.3 Å². The lowest BCUT2D eigenvalue weighted by atomic mass is 9.71. The third kappa shape index (κ3) is 2.19. The van der Waals surface area contributed by atoms with Crippen molar-refractivity contribution in [1.82, 2.24) is 0 Å². The highest BCUT2D eigenvalue weighted by molar-refractivity contribution is 5.62. The van der Waals surface area contributed by atoms with Gasteiger partial charge in [-0.1, -0.05) is 76.1 Å². The Balaban J connectivity index is 2.08. The summed E-state index contributed by atoms with van der Waals surface area (Å²) >= 11 is 0. The highest BCUT2D eigenvalue weighted by atomic mass is 14.6. The molecular weight excluding hydrogens is 300 g/mol. The highest BCUT2D eigenvalue weighted by Gasteiger charge is 2.56. The molecule has 0 bridgehead atoms. The molecule has 0 saturated carbocycles. The minimum atomic E-state index is 0.199. The van der Waals surface area contributed by atoms with E-state index in [0.29, 0.717) is 0 Å². The van der Waals surface area contributed by atoms with Gasteiger partial charge in [0.15, 0.2) is 0 Å². The maximum Gasteiger partial charge on any atom is 0.0228 e. The predicted octanol–water partition coefficient (Wildman–Crippen LogP) is 6.51. The van der Waals surface area contributed by atoms with E-state index in [0.717, 1.165) is 6.42 Å². The van der Waals surface area contributed by atoms with E-state index in [4.69, 9.17) is 0 Å². The molecular formula is C25H32. The van der Waals surface area contributed by atoms with Gasteiger partial charge in [0.2, 0.25) is 0 Å². The fraction of sp³-hybridized carbons (Fsp3) is 0.520.